The molecule has 3 aliphatic rings. The highest BCUT2D eigenvalue weighted by Crippen LogP contribution is 2.48. The normalized spacial score (nSPS) is 43.1. The van der Waals surface area contributed by atoms with Crippen molar-refractivity contribution in [3.05, 3.63) is 0 Å². The van der Waals surface area contributed by atoms with E-state index in [0.29, 0.717) is 12.5 Å². The van der Waals surface area contributed by atoms with Gasteiger partial charge in [-0.15, -0.1) is 0 Å². The fourth-order valence-electron chi connectivity index (χ4n) is 7.04. The van der Waals surface area contributed by atoms with Crippen molar-refractivity contribution < 1.29 is 5.11 Å². The summed E-state index contributed by atoms with van der Waals surface area (Å²) in [5, 5.41) is 9.53. The van der Waals surface area contributed by atoms with Gasteiger partial charge in [-0.25, -0.2) is 0 Å². The maximum absolute atomic E-state index is 9.53. The lowest BCUT2D eigenvalue weighted by Gasteiger charge is -2.44. The van der Waals surface area contributed by atoms with Gasteiger partial charge in [-0.3, -0.25) is 0 Å². The summed E-state index contributed by atoms with van der Waals surface area (Å²) in [4.78, 5) is 0. The highest BCUT2D eigenvalue weighted by Gasteiger charge is 2.37. The fourth-order valence-corrected chi connectivity index (χ4v) is 7.04. The molecule has 0 aromatic carbocycles. The van der Waals surface area contributed by atoms with Gasteiger partial charge in [0.05, 0.1) is 0 Å². The number of rotatable bonds is 6. The van der Waals surface area contributed by atoms with Crippen LogP contribution in [0.25, 0.3) is 0 Å². The van der Waals surface area contributed by atoms with Crippen molar-refractivity contribution in [3.63, 3.8) is 0 Å². The summed E-state index contributed by atoms with van der Waals surface area (Å²) < 4.78 is 0. The zero-order valence-corrected chi connectivity index (χ0v) is 17.1. The Morgan fingerprint density at radius 2 is 1.24 bits per heavy atom. The van der Waals surface area contributed by atoms with Crippen molar-refractivity contribution >= 4 is 0 Å². The number of hydrogen-bond acceptors (Lipinski definition) is 1. The Morgan fingerprint density at radius 3 is 1.80 bits per heavy atom. The quantitative estimate of drug-likeness (QED) is 0.557. The van der Waals surface area contributed by atoms with E-state index in [4.69, 9.17) is 0 Å². The van der Waals surface area contributed by atoms with Gasteiger partial charge in [-0.1, -0.05) is 46.0 Å². The van der Waals surface area contributed by atoms with Crippen molar-refractivity contribution in [2.75, 3.05) is 6.61 Å². The van der Waals surface area contributed by atoms with Gasteiger partial charge in [-0.05, 0) is 99.2 Å². The Bertz CT molecular complexity index is 362. The van der Waals surface area contributed by atoms with Crippen molar-refractivity contribution in [2.24, 2.45) is 41.4 Å². The minimum Gasteiger partial charge on any atom is -0.396 e. The molecule has 3 fully saturated rings. The van der Waals surface area contributed by atoms with Crippen LogP contribution in [0.4, 0.5) is 0 Å². The van der Waals surface area contributed by atoms with Crippen LogP contribution >= 0.6 is 0 Å². The average Bonchev–Trinajstić information content (AvgIpc) is 2.68. The van der Waals surface area contributed by atoms with Crippen LogP contribution in [-0.4, -0.2) is 11.7 Å². The topological polar surface area (TPSA) is 20.2 Å². The molecule has 0 amide bonds. The van der Waals surface area contributed by atoms with Crippen LogP contribution in [-0.2, 0) is 0 Å². The molecule has 0 spiro atoms. The van der Waals surface area contributed by atoms with Gasteiger partial charge in [0.1, 0.15) is 0 Å². The number of aliphatic hydroxyl groups is 1. The van der Waals surface area contributed by atoms with E-state index in [1.807, 2.05) is 0 Å². The van der Waals surface area contributed by atoms with Crippen LogP contribution in [0.15, 0.2) is 0 Å². The van der Waals surface area contributed by atoms with E-state index in [1.165, 1.54) is 77.0 Å². The van der Waals surface area contributed by atoms with Crippen molar-refractivity contribution in [2.45, 2.75) is 104 Å². The van der Waals surface area contributed by atoms with Gasteiger partial charge in [0, 0.05) is 6.61 Å². The van der Waals surface area contributed by atoms with Crippen molar-refractivity contribution in [3.8, 4) is 0 Å². The molecule has 1 N–H and O–H groups in total. The molecule has 1 heteroatoms. The smallest absolute Gasteiger partial charge is 0.0459 e. The molecule has 3 aliphatic carbocycles. The summed E-state index contributed by atoms with van der Waals surface area (Å²) in [5.41, 5.74) is 0. The molecule has 146 valence electrons. The molecule has 0 heterocycles. The molecule has 0 aliphatic heterocycles. The van der Waals surface area contributed by atoms with Gasteiger partial charge >= 0.3 is 0 Å². The second-order valence-corrected chi connectivity index (χ2v) is 9.94. The second kappa shape index (κ2) is 9.77. The van der Waals surface area contributed by atoms with Gasteiger partial charge < -0.3 is 5.11 Å². The predicted octanol–water partition coefficient (Wildman–Crippen LogP) is 6.83. The third kappa shape index (κ3) is 5.02. The summed E-state index contributed by atoms with van der Waals surface area (Å²) in [6.45, 7) is 5.17. The van der Waals surface area contributed by atoms with E-state index in [9.17, 15) is 5.11 Å². The predicted molar refractivity (Wildman–Crippen MR) is 108 cm³/mol. The zero-order valence-electron chi connectivity index (χ0n) is 17.1. The van der Waals surface area contributed by atoms with Crippen LogP contribution in [0, 0.1) is 41.4 Å². The Morgan fingerprint density at radius 1 is 0.680 bits per heavy atom. The lowest BCUT2D eigenvalue weighted by Crippen LogP contribution is -2.34. The lowest BCUT2D eigenvalue weighted by atomic mass is 9.62. The second-order valence-electron chi connectivity index (χ2n) is 9.94. The lowest BCUT2D eigenvalue weighted by molar-refractivity contribution is 0.0519. The zero-order chi connectivity index (χ0) is 17.6. The monoisotopic (exact) mass is 348 g/mol. The summed E-state index contributed by atoms with van der Waals surface area (Å²) in [6, 6.07) is 0. The maximum Gasteiger partial charge on any atom is 0.0459 e. The fraction of sp³-hybridized carbons (Fsp3) is 1.00. The van der Waals surface area contributed by atoms with Gasteiger partial charge in [-0.2, -0.15) is 0 Å². The van der Waals surface area contributed by atoms with Gasteiger partial charge in [0.15, 0.2) is 0 Å². The largest absolute Gasteiger partial charge is 0.396 e. The summed E-state index contributed by atoms with van der Waals surface area (Å²) >= 11 is 0. The molecule has 0 aromatic heterocycles. The van der Waals surface area contributed by atoms with E-state index >= 15 is 0 Å². The molecule has 3 rings (SSSR count). The third-order valence-corrected chi connectivity index (χ3v) is 8.61. The highest BCUT2D eigenvalue weighted by molar-refractivity contribution is 4.88. The Labute approximate surface area is 157 Å². The minimum atomic E-state index is 0.427. The Kier molecular flexibility index (Phi) is 7.70. The summed E-state index contributed by atoms with van der Waals surface area (Å²) in [5.74, 6) is 6.69. The molecule has 3 atom stereocenters. The molecule has 0 aromatic rings. The SMILES string of the molecule is CCCC1CCC(C2CCC(C3CCC(CO)CC3CC)CC2)CC1. The highest BCUT2D eigenvalue weighted by atomic mass is 16.3. The first-order valence-electron chi connectivity index (χ1n) is 11.9. The van der Waals surface area contributed by atoms with Gasteiger partial charge in [0.25, 0.3) is 0 Å². The first-order valence-corrected chi connectivity index (χ1v) is 11.9. The van der Waals surface area contributed by atoms with Crippen LogP contribution < -0.4 is 0 Å². The van der Waals surface area contributed by atoms with Gasteiger partial charge in [0.2, 0.25) is 0 Å². The summed E-state index contributed by atoms with van der Waals surface area (Å²) in [6.07, 6.45) is 20.4. The molecule has 0 saturated heterocycles. The standard InChI is InChI=1S/C24H44O/c1-3-5-18-6-9-21(10-7-18)22-11-13-23(14-12-22)24-15-8-19(17-25)16-20(24)4-2/h18-25H,3-17H2,1-2H3. The van der Waals surface area contributed by atoms with E-state index < -0.39 is 0 Å². The van der Waals surface area contributed by atoms with E-state index in [2.05, 4.69) is 13.8 Å². The van der Waals surface area contributed by atoms with Crippen LogP contribution in [0.1, 0.15) is 104 Å². The number of aliphatic hydroxyl groups excluding tert-OH is 1. The molecule has 3 unspecified atom stereocenters. The third-order valence-electron chi connectivity index (χ3n) is 8.61. The van der Waals surface area contributed by atoms with E-state index in [1.54, 1.807) is 12.8 Å². The Balaban J connectivity index is 1.44. The summed E-state index contributed by atoms with van der Waals surface area (Å²) in [7, 11) is 0. The molecule has 25 heavy (non-hydrogen) atoms. The van der Waals surface area contributed by atoms with E-state index in [0.717, 1.165) is 35.5 Å². The van der Waals surface area contributed by atoms with Crippen LogP contribution in [0.3, 0.4) is 0 Å². The average molecular weight is 349 g/mol. The van der Waals surface area contributed by atoms with Crippen molar-refractivity contribution in [1.29, 1.82) is 0 Å². The molecule has 0 bridgehead atoms. The molecule has 1 nitrogen and oxygen atoms in total. The van der Waals surface area contributed by atoms with Crippen LogP contribution in [0.5, 0.6) is 0 Å². The van der Waals surface area contributed by atoms with Crippen LogP contribution in [0.2, 0.25) is 0 Å². The maximum atomic E-state index is 9.53. The van der Waals surface area contributed by atoms with Crippen molar-refractivity contribution in [1.82, 2.24) is 0 Å². The number of hydrogen-bond donors (Lipinski definition) is 1. The first kappa shape index (κ1) is 19.7. The first-order chi connectivity index (χ1) is 12.2. The molecular weight excluding hydrogens is 304 g/mol. The molecule has 3 saturated carbocycles. The molecule has 0 radical (unpaired) electrons. The minimum absolute atomic E-state index is 0.427. The molecular formula is C24H44O. The Hall–Kier alpha value is -0.0400. The van der Waals surface area contributed by atoms with E-state index in [-0.39, 0.29) is 0 Å².